The largest absolute Gasteiger partial charge is 0.366 e. The Hall–Kier alpha value is -0.670. The van der Waals surface area contributed by atoms with Crippen LogP contribution in [-0.2, 0) is 14.3 Å². The van der Waals surface area contributed by atoms with Crippen molar-refractivity contribution >= 4 is 5.78 Å². The summed E-state index contributed by atoms with van der Waals surface area (Å²) in [5, 5.41) is 0. The fourth-order valence-electron chi connectivity index (χ4n) is 5.38. The Bertz CT molecular complexity index is 590. The van der Waals surface area contributed by atoms with E-state index in [9.17, 15) is 4.79 Å². The van der Waals surface area contributed by atoms with Crippen LogP contribution in [-0.4, -0.2) is 29.2 Å². The molecule has 128 valence electrons. The van der Waals surface area contributed by atoms with E-state index in [1.54, 1.807) is 0 Å². The summed E-state index contributed by atoms with van der Waals surface area (Å²) in [5.74, 6) is 0.739. The molecular weight excluding hydrogens is 288 g/mol. The van der Waals surface area contributed by atoms with Gasteiger partial charge in [0.15, 0.2) is 5.78 Å². The van der Waals surface area contributed by atoms with E-state index in [0.717, 1.165) is 37.7 Å². The lowest BCUT2D eigenvalue weighted by Gasteiger charge is -2.32. The lowest BCUT2D eigenvalue weighted by molar-refractivity contribution is -0.115. The molecule has 2 saturated carbocycles. The molecule has 2 heterocycles. The minimum atomic E-state index is 0.0154. The predicted octanol–water partition coefficient (Wildman–Crippen LogP) is 4.20. The molecule has 23 heavy (non-hydrogen) atoms. The van der Waals surface area contributed by atoms with E-state index >= 15 is 0 Å². The molecule has 6 atom stereocenters. The Balaban J connectivity index is 1.68. The van der Waals surface area contributed by atoms with E-state index in [4.69, 9.17) is 9.47 Å². The Kier molecular flexibility index (Phi) is 3.23. The number of carbonyl (C=O) groups excluding carboxylic acids is 1. The Labute approximate surface area is 139 Å². The van der Waals surface area contributed by atoms with Gasteiger partial charge in [0.25, 0.3) is 0 Å². The quantitative estimate of drug-likeness (QED) is 0.496. The van der Waals surface area contributed by atoms with Gasteiger partial charge in [0, 0.05) is 6.42 Å². The number of ketones is 1. The molecule has 2 aliphatic heterocycles. The van der Waals surface area contributed by atoms with Gasteiger partial charge in [0.1, 0.15) is 0 Å². The molecule has 4 aliphatic rings. The lowest BCUT2D eigenvalue weighted by atomic mass is 9.71. The van der Waals surface area contributed by atoms with Crippen molar-refractivity contribution in [3.05, 3.63) is 11.1 Å². The molecule has 0 unspecified atom stereocenters. The second-order valence-electron chi connectivity index (χ2n) is 9.34. The van der Waals surface area contributed by atoms with Gasteiger partial charge in [-0.15, -0.1) is 0 Å². The van der Waals surface area contributed by atoms with Crippen LogP contribution in [0.2, 0.25) is 0 Å². The van der Waals surface area contributed by atoms with E-state index in [-0.39, 0.29) is 16.6 Å². The number of ether oxygens (including phenoxy) is 2. The summed E-state index contributed by atoms with van der Waals surface area (Å²) in [6.45, 7) is 11.0. The third-order valence-corrected chi connectivity index (χ3v) is 7.15. The fraction of sp³-hybridized carbons (Fsp3) is 0.850. The van der Waals surface area contributed by atoms with Crippen molar-refractivity contribution in [3.8, 4) is 0 Å². The predicted molar refractivity (Wildman–Crippen MR) is 89.2 cm³/mol. The first-order valence-electron chi connectivity index (χ1n) is 9.23. The van der Waals surface area contributed by atoms with Crippen molar-refractivity contribution < 1.29 is 14.3 Å². The third-order valence-electron chi connectivity index (χ3n) is 7.15. The second-order valence-corrected chi connectivity index (χ2v) is 9.34. The second kappa shape index (κ2) is 4.70. The van der Waals surface area contributed by atoms with E-state index in [1.165, 1.54) is 5.57 Å². The van der Waals surface area contributed by atoms with Crippen molar-refractivity contribution in [2.75, 3.05) is 0 Å². The normalized spacial score (nSPS) is 52.1. The Morgan fingerprint density at radius 3 is 2.30 bits per heavy atom. The number of rotatable bonds is 0. The van der Waals surface area contributed by atoms with Gasteiger partial charge in [-0.1, -0.05) is 12.5 Å². The zero-order valence-corrected chi connectivity index (χ0v) is 15.2. The van der Waals surface area contributed by atoms with Gasteiger partial charge < -0.3 is 9.47 Å². The molecule has 4 rings (SSSR count). The summed E-state index contributed by atoms with van der Waals surface area (Å²) >= 11 is 0. The number of fused-ring (bicyclic) bond motifs is 3. The van der Waals surface area contributed by atoms with Crippen LogP contribution < -0.4 is 0 Å². The van der Waals surface area contributed by atoms with Crippen LogP contribution in [0.5, 0.6) is 0 Å². The van der Waals surface area contributed by atoms with E-state index in [2.05, 4.69) is 34.6 Å². The number of Topliss-reactive ketones (excluding diaryl/α,β-unsaturated/α-hetero) is 1. The van der Waals surface area contributed by atoms with Crippen LogP contribution in [0.3, 0.4) is 0 Å². The molecule has 0 aromatic rings. The summed E-state index contributed by atoms with van der Waals surface area (Å²) in [6.07, 6.45) is 6.77. The fourth-order valence-corrected chi connectivity index (χ4v) is 5.38. The van der Waals surface area contributed by atoms with Gasteiger partial charge in [-0.25, -0.2) is 0 Å². The molecule has 0 aromatic carbocycles. The van der Waals surface area contributed by atoms with Crippen molar-refractivity contribution in [2.24, 2.45) is 11.3 Å². The maximum atomic E-state index is 12.7. The highest BCUT2D eigenvalue weighted by molar-refractivity contribution is 5.99. The monoisotopic (exact) mass is 318 g/mol. The van der Waals surface area contributed by atoms with Crippen LogP contribution in [0.4, 0.5) is 0 Å². The number of hydrogen-bond acceptors (Lipinski definition) is 3. The minimum absolute atomic E-state index is 0.0154. The van der Waals surface area contributed by atoms with Crippen molar-refractivity contribution in [2.45, 2.75) is 96.6 Å². The van der Waals surface area contributed by atoms with E-state index in [0.29, 0.717) is 30.3 Å². The van der Waals surface area contributed by atoms with Gasteiger partial charge >= 0.3 is 0 Å². The number of epoxide rings is 2. The zero-order valence-electron chi connectivity index (χ0n) is 15.2. The van der Waals surface area contributed by atoms with Gasteiger partial charge in [-0.2, -0.15) is 0 Å². The SMILES string of the molecule is CC(C)=C1C(=O)C[C@@]2(C)C[C@H]3O[C@]3(C)CC[C@H]3O[C@]3(C)CC[C@H]12. The zero-order chi connectivity index (χ0) is 16.6. The Morgan fingerprint density at radius 2 is 1.61 bits per heavy atom. The van der Waals surface area contributed by atoms with Crippen LogP contribution in [0.15, 0.2) is 11.1 Å². The molecule has 2 saturated heterocycles. The van der Waals surface area contributed by atoms with Crippen LogP contribution in [0.1, 0.15) is 73.1 Å². The summed E-state index contributed by atoms with van der Waals surface area (Å²) in [6, 6.07) is 0. The summed E-state index contributed by atoms with van der Waals surface area (Å²) in [4.78, 5) is 12.7. The number of allylic oxidation sites excluding steroid dienone is 2. The minimum Gasteiger partial charge on any atom is -0.366 e. The topological polar surface area (TPSA) is 42.1 Å². The third kappa shape index (κ3) is 2.42. The first-order chi connectivity index (χ1) is 10.7. The highest BCUT2D eigenvalue weighted by atomic mass is 16.6. The average Bonchev–Trinajstić information content (AvgIpc) is 3.24. The molecule has 0 radical (unpaired) electrons. The van der Waals surface area contributed by atoms with Gasteiger partial charge in [-0.05, 0) is 76.7 Å². The van der Waals surface area contributed by atoms with E-state index in [1.807, 2.05) is 0 Å². The van der Waals surface area contributed by atoms with Gasteiger partial charge in [0.05, 0.1) is 23.4 Å². The van der Waals surface area contributed by atoms with Crippen LogP contribution in [0, 0.1) is 11.3 Å². The first kappa shape index (κ1) is 15.8. The van der Waals surface area contributed by atoms with E-state index < -0.39 is 0 Å². The molecule has 0 N–H and O–H groups in total. The molecular formula is C20H30O3. The average molecular weight is 318 g/mol. The smallest absolute Gasteiger partial charge is 0.159 e. The molecule has 4 fully saturated rings. The number of carbonyl (C=O) groups is 1. The maximum Gasteiger partial charge on any atom is 0.159 e. The van der Waals surface area contributed by atoms with Crippen molar-refractivity contribution in [1.29, 1.82) is 0 Å². The maximum absolute atomic E-state index is 12.7. The first-order valence-corrected chi connectivity index (χ1v) is 9.23. The molecule has 3 nitrogen and oxygen atoms in total. The van der Waals surface area contributed by atoms with Crippen molar-refractivity contribution in [1.82, 2.24) is 0 Å². The van der Waals surface area contributed by atoms with Crippen LogP contribution in [0.25, 0.3) is 0 Å². The summed E-state index contributed by atoms with van der Waals surface area (Å²) in [7, 11) is 0. The highest BCUT2D eigenvalue weighted by Gasteiger charge is 2.61. The van der Waals surface area contributed by atoms with Gasteiger partial charge in [0.2, 0.25) is 0 Å². The number of hydrogen-bond donors (Lipinski definition) is 0. The molecule has 0 spiro atoms. The van der Waals surface area contributed by atoms with Crippen molar-refractivity contribution in [3.63, 3.8) is 0 Å². The lowest BCUT2D eigenvalue weighted by Crippen LogP contribution is -2.27. The standard InChI is InChI=1S/C20H30O3/c1-12(2)17-13-6-8-19(4)15(22-19)7-9-20(5)16(23-20)11-18(13,3)10-14(17)21/h13,15-16H,6-11H2,1-5H3/t13-,15-,16-,18+,19-,20-/m1/s1. The Morgan fingerprint density at radius 1 is 1.00 bits per heavy atom. The summed E-state index contributed by atoms with van der Waals surface area (Å²) in [5.41, 5.74) is 2.41. The van der Waals surface area contributed by atoms with Gasteiger partial charge in [-0.3, -0.25) is 4.79 Å². The highest BCUT2D eigenvalue weighted by Crippen LogP contribution is 2.58. The molecule has 2 aliphatic carbocycles. The molecule has 0 amide bonds. The summed E-state index contributed by atoms with van der Waals surface area (Å²) < 4.78 is 12.1. The van der Waals surface area contributed by atoms with Crippen LogP contribution >= 0.6 is 0 Å². The molecule has 0 aromatic heterocycles. The molecule has 0 bridgehead atoms. The molecule has 3 heteroatoms.